The standard InChI is InChI=1S/C25H23NO4/c1-18-4-10-21(11-5-18)26-17-20-6-12-22(13-7-20)30-25(27)15-9-19-8-14-23(28-2)24(16-19)29-3/h4-17H,1-3H3/b15-9+,26-17?. The maximum absolute atomic E-state index is 12.1. The third-order valence-corrected chi connectivity index (χ3v) is 4.31. The summed E-state index contributed by atoms with van der Waals surface area (Å²) in [5.74, 6) is 1.22. The minimum absolute atomic E-state index is 0.462. The van der Waals surface area contributed by atoms with Crippen molar-refractivity contribution in [1.29, 1.82) is 0 Å². The number of aliphatic imine (C=N–C) groups is 1. The molecular formula is C25H23NO4. The molecule has 0 aromatic heterocycles. The van der Waals surface area contributed by atoms with Crippen LogP contribution >= 0.6 is 0 Å². The first kappa shape index (κ1) is 20.9. The fourth-order valence-electron chi connectivity index (χ4n) is 2.67. The molecule has 0 atom stereocenters. The van der Waals surface area contributed by atoms with Gasteiger partial charge < -0.3 is 14.2 Å². The van der Waals surface area contributed by atoms with E-state index in [-0.39, 0.29) is 0 Å². The molecule has 3 aromatic carbocycles. The monoisotopic (exact) mass is 401 g/mol. The van der Waals surface area contributed by atoms with Crippen LogP contribution in [0.15, 0.2) is 77.8 Å². The van der Waals surface area contributed by atoms with Crippen molar-refractivity contribution in [2.45, 2.75) is 6.92 Å². The van der Waals surface area contributed by atoms with Crippen LogP contribution < -0.4 is 14.2 Å². The van der Waals surface area contributed by atoms with Crippen LogP contribution in [-0.2, 0) is 4.79 Å². The van der Waals surface area contributed by atoms with Crippen molar-refractivity contribution < 1.29 is 19.0 Å². The third kappa shape index (κ3) is 5.82. The zero-order valence-electron chi connectivity index (χ0n) is 17.2. The number of nitrogens with zero attached hydrogens (tertiary/aromatic N) is 1. The lowest BCUT2D eigenvalue weighted by Crippen LogP contribution is -2.03. The SMILES string of the molecule is COc1ccc(/C=C/C(=O)Oc2ccc(C=Nc3ccc(C)cc3)cc2)cc1OC. The Hall–Kier alpha value is -3.86. The topological polar surface area (TPSA) is 57.1 Å². The number of aryl methyl sites for hydroxylation is 1. The van der Waals surface area contributed by atoms with Gasteiger partial charge in [-0.1, -0.05) is 23.8 Å². The van der Waals surface area contributed by atoms with E-state index >= 15 is 0 Å². The molecule has 152 valence electrons. The van der Waals surface area contributed by atoms with Crippen molar-refractivity contribution in [3.63, 3.8) is 0 Å². The molecule has 0 heterocycles. The Morgan fingerprint density at radius 2 is 1.50 bits per heavy atom. The lowest BCUT2D eigenvalue weighted by atomic mass is 10.2. The number of hydrogen-bond donors (Lipinski definition) is 0. The zero-order chi connectivity index (χ0) is 21.3. The fraction of sp³-hybridized carbons (Fsp3) is 0.120. The number of esters is 1. The van der Waals surface area contributed by atoms with Gasteiger partial charge in [0.1, 0.15) is 5.75 Å². The molecule has 0 radical (unpaired) electrons. The smallest absolute Gasteiger partial charge is 0.336 e. The average Bonchev–Trinajstić information content (AvgIpc) is 2.78. The highest BCUT2D eigenvalue weighted by Gasteiger charge is 2.04. The molecule has 30 heavy (non-hydrogen) atoms. The van der Waals surface area contributed by atoms with Gasteiger partial charge >= 0.3 is 5.97 Å². The Balaban J connectivity index is 1.59. The predicted molar refractivity (Wildman–Crippen MR) is 119 cm³/mol. The molecule has 0 N–H and O–H groups in total. The first-order valence-electron chi connectivity index (χ1n) is 9.40. The minimum Gasteiger partial charge on any atom is -0.493 e. The molecule has 3 aromatic rings. The first-order chi connectivity index (χ1) is 14.6. The summed E-state index contributed by atoms with van der Waals surface area (Å²) in [6, 6.07) is 20.5. The summed E-state index contributed by atoms with van der Waals surface area (Å²) in [7, 11) is 3.14. The van der Waals surface area contributed by atoms with Gasteiger partial charge in [0.15, 0.2) is 11.5 Å². The largest absolute Gasteiger partial charge is 0.493 e. The van der Waals surface area contributed by atoms with Gasteiger partial charge in [-0.3, -0.25) is 4.99 Å². The van der Waals surface area contributed by atoms with Crippen LogP contribution in [0.2, 0.25) is 0 Å². The van der Waals surface area contributed by atoms with Crippen molar-refractivity contribution in [1.82, 2.24) is 0 Å². The number of rotatable bonds is 7. The van der Waals surface area contributed by atoms with Crippen LogP contribution in [0.5, 0.6) is 17.2 Å². The molecule has 0 aliphatic heterocycles. The van der Waals surface area contributed by atoms with Crippen LogP contribution in [0.4, 0.5) is 5.69 Å². The fourth-order valence-corrected chi connectivity index (χ4v) is 2.67. The number of carbonyl (C=O) groups is 1. The van der Waals surface area contributed by atoms with E-state index in [1.54, 1.807) is 50.8 Å². The van der Waals surface area contributed by atoms with E-state index in [2.05, 4.69) is 4.99 Å². The van der Waals surface area contributed by atoms with Crippen LogP contribution in [0.1, 0.15) is 16.7 Å². The second-order valence-corrected chi connectivity index (χ2v) is 6.53. The Kier molecular flexibility index (Phi) is 7.00. The molecule has 0 bridgehead atoms. The minimum atomic E-state index is -0.467. The summed E-state index contributed by atoms with van der Waals surface area (Å²) in [6.45, 7) is 2.04. The zero-order valence-corrected chi connectivity index (χ0v) is 17.2. The van der Waals surface area contributed by atoms with E-state index in [4.69, 9.17) is 14.2 Å². The predicted octanol–water partition coefficient (Wildman–Crippen LogP) is 5.38. The number of carbonyl (C=O) groups excluding carboxylic acids is 1. The van der Waals surface area contributed by atoms with Gasteiger partial charge in [-0.25, -0.2) is 4.79 Å². The summed E-state index contributed by atoms with van der Waals surface area (Å²) in [5, 5.41) is 0. The van der Waals surface area contributed by atoms with Crippen molar-refractivity contribution in [2.24, 2.45) is 4.99 Å². The highest BCUT2D eigenvalue weighted by molar-refractivity contribution is 5.89. The van der Waals surface area contributed by atoms with E-state index in [0.29, 0.717) is 17.2 Å². The van der Waals surface area contributed by atoms with Gasteiger partial charge in [0.05, 0.1) is 19.9 Å². The number of benzene rings is 3. The maximum Gasteiger partial charge on any atom is 0.336 e. The molecule has 0 saturated heterocycles. The van der Waals surface area contributed by atoms with Crippen molar-refractivity contribution in [3.8, 4) is 17.2 Å². The van der Waals surface area contributed by atoms with Crippen LogP contribution in [-0.4, -0.2) is 26.4 Å². The van der Waals surface area contributed by atoms with Gasteiger partial charge in [-0.15, -0.1) is 0 Å². The normalized spacial score (nSPS) is 11.0. The summed E-state index contributed by atoms with van der Waals surface area (Å²) >= 11 is 0. The van der Waals surface area contributed by atoms with E-state index in [1.165, 1.54) is 11.6 Å². The first-order valence-corrected chi connectivity index (χ1v) is 9.40. The maximum atomic E-state index is 12.1. The van der Waals surface area contributed by atoms with Crippen molar-refractivity contribution in [2.75, 3.05) is 14.2 Å². The second-order valence-electron chi connectivity index (χ2n) is 6.53. The summed E-state index contributed by atoms with van der Waals surface area (Å²) in [4.78, 5) is 16.5. The molecule has 0 amide bonds. The number of ether oxygens (including phenoxy) is 3. The van der Waals surface area contributed by atoms with E-state index in [0.717, 1.165) is 16.8 Å². The Morgan fingerprint density at radius 1 is 0.833 bits per heavy atom. The van der Waals surface area contributed by atoms with Gasteiger partial charge in [0, 0.05) is 12.3 Å². The Bertz CT molecular complexity index is 1050. The van der Waals surface area contributed by atoms with E-state index in [1.807, 2.05) is 49.4 Å². The molecule has 5 heteroatoms. The highest BCUT2D eigenvalue weighted by atomic mass is 16.5. The van der Waals surface area contributed by atoms with Crippen LogP contribution in [0.25, 0.3) is 6.08 Å². The van der Waals surface area contributed by atoms with Gasteiger partial charge in [-0.2, -0.15) is 0 Å². The van der Waals surface area contributed by atoms with Crippen LogP contribution in [0.3, 0.4) is 0 Å². The molecule has 0 aliphatic rings. The van der Waals surface area contributed by atoms with Crippen molar-refractivity contribution in [3.05, 3.63) is 89.5 Å². The molecule has 3 rings (SSSR count). The summed E-state index contributed by atoms with van der Waals surface area (Å²) in [6.07, 6.45) is 4.80. The number of hydrogen-bond acceptors (Lipinski definition) is 5. The number of methoxy groups -OCH3 is 2. The van der Waals surface area contributed by atoms with Gasteiger partial charge in [0.2, 0.25) is 0 Å². The molecular weight excluding hydrogens is 378 g/mol. The lowest BCUT2D eigenvalue weighted by Gasteiger charge is -2.07. The highest BCUT2D eigenvalue weighted by Crippen LogP contribution is 2.28. The second kappa shape index (κ2) is 10.1. The molecule has 0 saturated carbocycles. The average molecular weight is 401 g/mol. The molecule has 0 unspecified atom stereocenters. The molecule has 0 spiro atoms. The Morgan fingerprint density at radius 3 is 2.17 bits per heavy atom. The summed E-state index contributed by atoms with van der Waals surface area (Å²) in [5.41, 5.74) is 3.79. The van der Waals surface area contributed by atoms with E-state index in [9.17, 15) is 4.79 Å². The van der Waals surface area contributed by atoms with Gasteiger partial charge in [-0.05, 0) is 72.7 Å². The third-order valence-electron chi connectivity index (χ3n) is 4.31. The quantitative estimate of drug-likeness (QED) is 0.231. The molecule has 0 aliphatic carbocycles. The van der Waals surface area contributed by atoms with Crippen LogP contribution in [0, 0.1) is 6.92 Å². The van der Waals surface area contributed by atoms with Crippen molar-refractivity contribution >= 4 is 23.9 Å². The van der Waals surface area contributed by atoms with E-state index < -0.39 is 5.97 Å². The molecule has 5 nitrogen and oxygen atoms in total. The molecule has 0 fully saturated rings. The summed E-state index contributed by atoms with van der Waals surface area (Å²) < 4.78 is 15.8. The van der Waals surface area contributed by atoms with Gasteiger partial charge in [0.25, 0.3) is 0 Å². The lowest BCUT2D eigenvalue weighted by molar-refractivity contribution is -0.128. The Labute approximate surface area is 176 Å².